The van der Waals surface area contributed by atoms with Gasteiger partial charge in [0, 0.05) is 13.1 Å². The van der Waals surface area contributed by atoms with Gasteiger partial charge in [0.1, 0.15) is 5.82 Å². The summed E-state index contributed by atoms with van der Waals surface area (Å²) >= 11 is 4.75. The van der Waals surface area contributed by atoms with Crippen molar-refractivity contribution in [2.24, 2.45) is 0 Å². The number of halogens is 1. The van der Waals surface area contributed by atoms with Crippen LogP contribution in [0.4, 0.5) is 11.5 Å². The molecule has 0 atom stereocenters. The van der Waals surface area contributed by atoms with Gasteiger partial charge in [0.05, 0.1) is 33.8 Å². The number of hydrogen-bond acceptors (Lipinski definition) is 5. The summed E-state index contributed by atoms with van der Waals surface area (Å²) in [5, 5.41) is 2.85. The average molecular weight is 368 g/mol. The molecule has 0 radical (unpaired) electrons. The van der Waals surface area contributed by atoms with Crippen LogP contribution in [0.3, 0.4) is 0 Å². The van der Waals surface area contributed by atoms with Gasteiger partial charge in [-0.1, -0.05) is 0 Å². The van der Waals surface area contributed by atoms with Crippen molar-refractivity contribution >= 4 is 44.7 Å². The summed E-state index contributed by atoms with van der Waals surface area (Å²) < 4.78 is 6.26. The lowest BCUT2D eigenvalue weighted by Gasteiger charge is -2.27. The first kappa shape index (κ1) is 14.5. The number of rotatable bonds is 3. The highest BCUT2D eigenvalue weighted by molar-refractivity contribution is 9.11. The fraction of sp³-hybridized carbons (Fsp3) is 0.286. The van der Waals surface area contributed by atoms with Gasteiger partial charge >= 0.3 is 0 Å². The van der Waals surface area contributed by atoms with Crippen molar-refractivity contribution in [2.75, 3.05) is 36.5 Å². The highest BCUT2D eigenvalue weighted by Crippen LogP contribution is 2.23. The second-order valence-electron chi connectivity index (χ2n) is 4.56. The van der Waals surface area contributed by atoms with Gasteiger partial charge < -0.3 is 15.0 Å². The molecule has 0 aromatic carbocycles. The molecule has 0 spiro atoms. The highest BCUT2D eigenvalue weighted by atomic mass is 79.9. The molecule has 1 saturated heterocycles. The number of nitrogens with zero attached hydrogens (tertiary/aromatic N) is 2. The van der Waals surface area contributed by atoms with E-state index in [0.717, 1.165) is 35.9 Å². The van der Waals surface area contributed by atoms with Gasteiger partial charge in [-0.15, -0.1) is 11.3 Å². The third-order valence-corrected chi connectivity index (χ3v) is 4.76. The van der Waals surface area contributed by atoms with Crippen molar-refractivity contribution in [3.8, 4) is 0 Å². The molecule has 1 amide bonds. The molecule has 0 bridgehead atoms. The Hall–Kier alpha value is -1.44. The minimum Gasteiger partial charge on any atom is -0.378 e. The molecule has 0 unspecified atom stereocenters. The Morgan fingerprint density at radius 3 is 2.71 bits per heavy atom. The summed E-state index contributed by atoms with van der Waals surface area (Å²) in [7, 11) is 0. The number of ether oxygens (including phenoxy) is 1. The molecule has 2 aromatic heterocycles. The number of hydrogen-bond donors (Lipinski definition) is 1. The van der Waals surface area contributed by atoms with Crippen LogP contribution in [-0.4, -0.2) is 37.2 Å². The van der Waals surface area contributed by atoms with E-state index >= 15 is 0 Å². The largest absolute Gasteiger partial charge is 0.378 e. The Balaban J connectivity index is 1.65. The monoisotopic (exact) mass is 367 g/mol. The summed E-state index contributed by atoms with van der Waals surface area (Å²) in [5.41, 5.74) is 0.696. The van der Waals surface area contributed by atoms with Crippen LogP contribution in [0.2, 0.25) is 0 Å². The number of amides is 1. The van der Waals surface area contributed by atoms with E-state index in [4.69, 9.17) is 4.74 Å². The number of morpholine rings is 1. The number of aromatic nitrogens is 1. The van der Waals surface area contributed by atoms with E-state index in [1.54, 1.807) is 12.3 Å². The maximum atomic E-state index is 12.0. The van der Waals surface area contributed by atoms with Gasteiger partial charge in [0.15, 0.2) is 0 Å². The second kappa shape index (κ2) is 6.55. The molecule has 1 fully saturated rings. The fourth-order valence-electron chi connectivity index (χ4n) is 2.07. The Bertz CT molecular complexity index is 623. The Kier molecular flexibility index (Phi) is 4.52. The van der Waals surface area contributed by atoms with E-state index in [1.165, 1.54) is 11.3 Å². The van der Waals surface area contributed by atoms with Crippen LogP contribution in [-0.2, 0) is 4.74 Å². The number of thiophene rings is 1. The zero-order valence-electron chi connectivity index (χ0n) is 11.2. The molecule has 3 rings (SSSR count). The maximum absolute atomic E-state index is 12.0. The van der Waals surface area contributed by atoms with Crippen molar-refractivity contribution in [2.45, 2.75) is 0 Å². The van der Waals surface area contributed by atoms with E-state index in [1.807, 2.05) is 18.2 Å². The van der Waals surface area contributed by atoms with E-state index in [-0.39, 0.29) is 5.91 Å². The Labute approximate surface area is 135 Å². The zero-order chi connectivity index (χ0) is 14.7. The van der Waals surface area contributed by atoms with Crippen molar-refractivity contribution < 1.29 is 9.53 Å². The van der Waals surface area contributed by atoms with Crippen molar-refractivity contribution in [1.82, 2.24) is 4.98 Å². The third-order valence-electron chi connectivity index (χ3n) is 3.14. The van der Waals surface area contributed by atoms with Crippen LogP contribution >= 0.6 is 27.3 Å². The molecule has 0 saturated carbocycles. The predicted molar refractivity (Wildman–Crippen MR) is 87.2 cm³/mol. The fourth-order valence-corrected chi connectivity index (χ4v) is 3.35. The number of carbonyl (C=O) groups excluding carboxylic acids is 1. The van der Waals surface area contributed by atoms with Crippen LogP contribution < -0.4 is 10.2 Å². The van der Waals surface area contributed by atoms with Crippen LogP contribution in [0, 0.1) is 0 Å². The van der Waals surface area contributed by atoms with Gasteiger partial charge in [-0.2, -0.15) is 0 Å². The molecule has 1 aliphatic rings. The van der Waals surface area contributed by atoms with E-state index in [2.05, 4.69) is 31.1 Å². The summed E-state index contributed by atoms with van der Waals surface area (Å²) in [6.07, 6.45) is 1.69. The summed E-state index contributed by atoms with van der Waals surface area (Å²) in [6.45, 7) is 3.16. The van der Waals surface area contributed by atoms with Crippen LogP contribution in [0.25, 0.3) is 0 Å². The Morgan fingerprint density at radius 2 is 2.10 bits per heavy atom. The smallest absolute Gasteiger partial charge is 0.265 e. The molecule has 1 aliphatic heterocycles. The second-order valence-corrected chi connectivity index (χ2v) is 7.03. The maximum Gasteiger partial charge on any atom is 0.265 e. The molecule has 1 N–H and O–H groups in total. The molecule has 5 nitrogen and oxygen atoms in total. The SMILES string of the molecule is O=C(Nc1ccc(N2CCOCC2)nc1)c1ccc(Br)s1. The molecule has 2 aromatic rings. The summed E-state index contributed by atoms with van der Waals surface area (Å²) in [4.78, 5) is 19.3. The first-order chi connectivity index (χ1) is 10.2. The number of pyridine rings is 1. The van der Waals surface area contributed by atoms with Crippen LogP contribution in [0.1, 0.15) is 9.67 Å². The molecular weight excluding hydrogens is 354 g/mol. The highest BCUT2D eigenvalue weighted by Gasteiger charge is 2.13. The Morgan fingerprint density at radius 1 is 1.29 bits per heavy atom. The van der Waals surface area contributed by atoms with Crippen molar-refractivity contribution in [1.29, 1.82) is 0 Å². The van der Waals surface area contributed by atoms with E-state index in [0.29, 0.717) is 10.6 Å². The van der Waals surface area contributed by atoms with Gasteiger partial charge in [0.2, 0.25) is 0 Å². The summed E-state index contributed by atoms with van der Waals surface area (Å²) in [6, 6.07) is 7.45. The summed E-state index contributed by atoms with van der Waals surface area (Å²) in [5.74, 6) is 0.793. The quantitative estimate of drug-likeness (QED) is 0.905. The van der Waals surface area contributed by atoms with Gasteiger partial charge in [-0.3, -0.25) is 4.79 Å². The number of carbonyl (C=O) groups is 1. The van der Waals surface area contributed by atoms with Gasteiger partial charge in [-0.25, -0.2) is 4.98 Å². The van der Waals surface area contributed by atoms with E-state index in [9.17, 15) is 4.79 Å². The number of anilines is 2. The molecule has 0 aliphatic carbocycles. The predicted octanol–water partition coefficient (Wildman–Crippen LogP) is 2.99. The first-order valence-corrected chi connectivity index (χ1v) is 8.19. The van der Waals surface area contributed by atoms with Gasteiger partial charge in [-0.05, 0) is 40.2 Å². The van der Waals surface area contributed by atoms with Crippen LogP contribution in [0.5, 0.6) is 0 Å². The minimum atomic E-state index is -0.119. The lowest BCUT2D eigenvalue weighted by atomic mass is 10.3. The number of nitrogens with one attached hydrogen (secondary N) is 1. The van der Waals surface area contributed by atoms with Crippen molar-refractivity contribution in [3.63, 3.8) is 0 Å². The standard InChI is InChI=1S/C14H14BrN3O2S/c15-12-3-2-11(21-12)14(19)17-10-1-4-13(16-9-10)18-5-7-20-8-6-18/h1-4,9H,5-8H2,(H,17,19). The lowest BCUT2D eigenvalue weighted by molar-refractivity contribution is 0.103. The third kappa shape index (κ3) is 3.61. The van der Waals surface area contributed by atoms with Gasteiger partial charge in [0.25, 0.3) is 5.91 Å². The normalized spacial score (nSPS) is 15.0. The molecule has 21 heavy (non-hydrogen) atoms. The van der Waals surface area contributed by atoms with Crippen LogP contribution in [0.15, 0.2) is 34.2 Å². The molecule has 3 heterocycles. The topological polar surface area (TPSA) is 54.5 Å². The first-order valence-electron chi connectivity index (χ1n) is 6.58. The molecular formula is C14H14BrN3O2S. The average Bonchev–Trinajstić information content (AvgIpc) is 2.96. The molecule has 110 valence electrons. The zero-order valence-corrected chi connectivity index (χ0v) is 13.6. The van der Waals surface area contributed by atoms with Crippen molar-refractivity contribution in [3.05, 3.63) is 39.1 Å². The van der Waals surface area contributed by atoms with E-state index < -0.39 is 0 Å². The molecule has 7 heteroatoms. The lowest BCUT2D eigenvalue weighted by Crippen LogP contribution is -2.36. The minimum absolute atomic E-state index is 0.119.